The summed E-state index contributed by atoms with van der Waals surface area (Å²) in [6.45, 7) is 0. The van der Waals surface area contributed by atoms with Crippen LogP contribution in [0.25, 0.3) is 22.4 Å². The average molecular weight is 263 g/mol. The summed E-state index contributed by atoms with van der Waals surface area (Å²) in [6, 6.07) is 15.8. The molecule has 0 aliphatic heterocycles. The second-order valence-electron chi connectivity index (χ2n) is 4.22. The van der Waals surface area contributed by atoms with E-state index in [1.807, 2.05) is 48.5 Å². The van der Waals surface area contributed by atoms with E-state index in [1.165, 1.54) is 0 Å². The predicted molar refractivity (Wildman–Crippen MR) is 77.3 cm³/mol. The van der Waals surface area contributed by atoms with E-state index in [1.54, 1.807) is 19.5 Å². The Hall–Kier alpha value is -2.75. The van der Waals surface area contributed by atoms with Crippen molar-refractivity contribution in [3.8, 4) is 28.3 Å². The van der Waals surface area contributed by atoms with Gasteiger partial charge < -0.3 is 4.74 Å². The standard InChI is InChI=1S/C16H13N3O/c1-20-16-15(14-9-5-6-10-17-14)13(11-18-19-16)12-7-3-2-4-8-12/h2-11H,1H3. The van der Waals surface area contributed by atoms with E-state index in [-0.39, 0.29) is 0 Å². The summed E-state index contributed by atoms with van der Waals surface area (Å²) in [6.07, 6.45) is 3.49. The van der Waals surface area contributed by atoms with Crippen molar-refractivity contribution < 1.29 is 4.74 Å². The van der Waals surface area contributed by atoms with Crippen LogP contribution in [0.15, 0.2) is 60.9 Å². The quantitative estimate of drug-likeness (QED) is 0.728. The van der Waals surface area contributed by atoms with Crippen LogP contribution in [0.3, 0.4) is 0 Å². The van der Waals surface area contributed by atoms with Crippen LogP contribution in [0.1, 0.15) is 0 Å². The van der Waals surface area contributed by atoms with Gasteiger partial charge in [-0.15, -0.1) is 5.10 Å². The monoisotopic (exact) mass is 263 g/mol. The van der Waals surface area contributed by atoms with Gasteiger partial charge in [-0.25, -0.2) is 0 Å². The largest absolute Gasteiger partial charge is 0.479 e. The molecule has 0 bridgehead atoms. The summed E-state index contributed by atoms with van der Waals surface area (Å²) in [5.41, 5.74) is 3.69. The highest BCUT2D eigenvalue weighted by atomic mass is 16.5. The van der Waals surface area contributed by atoms with Crippen LogP contribution in [0.2, 0.25) is 0 Å². The third kappa shape index (κ3) is 2.23. The maximum absolute atomic E-state index is 5.35. The molecule has 4 nitrogen and oxygen atoms in total. The van der Waals surface area contributed by atoms with Gasteiger partial charge in [-0.1, -0.05) is 36.4 Å². The van der Waals surface area contributed by atoms with E-state index in [0.717, 1.165) is 22.4 Å². The van der Waals surface area contributed by atoms with Gasteiger partial charge in [-0.05, 0) is 17.7 Å². The fourth-order valence-electron chi connectivity index (χ4n) is 2.11. The highest BCUT2D eigenvalue weighted by Crippen LogP contribution is 2.35. The molecule has 0 atom stereocenters. The highest BCUT2D eigenvalue weighted by Gasteiger charge is 2.15. The number of benzene rings is 1. The number of nitrogens with zero attached hydrogens (tertiary/aromatic N) is 3. The average Bonchev–Trinajstić information content (AvgIpc) is 2.55. The smallest absolute Gasteiger partial charge is 0.243 e. The van der Waals surface area contributed by atoms with Gasteiger partial charge in [0.05, 0.1) is 24.6 Å². The lowest BCUT2D eigenvalue weighted by molar-refractivity contribution is 0.394. The molecule has 3 aromatic rings. The van der Waals surface area contributed by atoms with Crippen molar-refractivity contribution in [2.24, 2.45) is 0 Å². The van der Waals surface area contributed by atoms with Crippen molar-refractivity contribution in [1.29, 1.82) is 0 Å². The SMILES string of the molecule is COc1nncc(-c2ccccc2)c1-c1ccccn1. The molecule has 0 unspecified atom stereocenters. The second kappa shape index (κ2) is 5.48. The third-order valence-corrected chi connectivity index (χ3v) is 3.02. The number of rotatable bonds is 3. The molecule has 0 saturated carbocycles. The number of hydrogen-bond acceptors (Lipinski definition) is 4. The summed E-state index contributed by atoms with van der Waals surface area (Å²) >= 11 is 0. The minimum Gasteiger partial charge on any atom is -0.479 e. The fraction of sp³-hybridized carbons (Fsp3) is 0.0625. The van der Waals surface area contributed by atoms with Crippen LogP contribution >= 0.6 is 0 Å². The molecule has 0 N–H and O–H groups in total. The lowest BCUT2D eigenvalue weighted by Gasteiger charge is -2.11. The van der Waals surface area contributed by atoms with Gasteiger partial charge in [0, 0.05) is 11.8 Å². The molecule has 0 radical (unpaired) electrons. The van der Waals surface area contributed by atoms with E-state index in [0.29, 0.717) is 5.88 Å². The molecule has 0 saturated heterocycles. The fourth-order valence-corrected chi connectivity index (χ4v) is 2.11. The molecule has 2 heterocycles. The van der Waals surface area contributed by atoms with Crippen molar-refractivity contribution in [2.75, 3.05) is 7.11 Å². The van der Waals surface area contributed by atoms with E-state index in [2.05, 4.69) is 15.2 Å². The first-order chi connectivity index (χ1) is 9.90. The Morgan fingerprint density at radius 2 is 1.75 bits per heavy atom. The van der Waals surface area contributed by atoms with Gasteiger partial charge in [0.15, 0.2) is 0 Å². The molecule has 0 aliphatic carbocycles. The van der Waals surface area contributed by atoms with Gasteiger partial charge in [-0.2, -0.15) is 5.10 Å². The van der Waals surface area contributed by atoms with Crippen molar-refractivity contribution in [3.05, 3.63) is 60.9 Å². The first kappa shape index (κ1) is 12.3. The first-order valence-electron chi connectivity index (χ1n) is 6.26. The minimum atomic E-state index is 0.477. The Balaban J connectivity index is 2.26. The van der Waals surface area contributed by atoms with E-state index >= 15 is 0 Å². The molecule has 0 spiro atoms. The number of methoxy groups -OCH3 is 1. The highest BCUT2D eigenvalue weighted by molar-refractivity contribution is 5.84. The number of ether oxygens (including phenoxy) is 1. The molecule has 2 aromatic heterocycles. The number of hydrogen-bond donors (Lipinski definition) is 0. The Morgan fingerprint density at radius 1 is 0.950 bits per heavy atom. The molecule has 3 rings (SSSR count). The van der Waals surface area contributed by atoms with Crippen molar-refractivity contribution in [2.45, 2.75) is 0 Å². The van der Waals surface area contributed by atoms with Gasteiger partial charge in [0.1, 0.15) is 0 Å². The van der Waals surface area contributed by atoms with Crippen molar-refractivity contribution in [3.63, 3.8) is 0 Å². The Kier molecular flexibility index (Phi) is 3.37. The van der Waals surface area contributed by atoms with Gasteiger partial charge in [0.2, 0.25) is 5.88 Å². The van der Waals surface area contributed by atoms with Gasteiger partial charge >= 0.3 is 0 Å². The minimum absolute atomic E-state index is 0.477. The zero-order valence-electron chi connectivity index (χ0n) is 11.0. The van der Waals surface area contributed by atoms with Crippen molar-refractivity contribution >= 4 is 0 Å². The van der Waals surface area contributed by atoms with Crippen LogP contribution in [-0.4, -0.2) is 22.3 Å². The molecular formula is C16H13N3O. The molecule has 0 amide bonds. The maximum atomic E-state index is 5.35. The Bertz CT molecular complexity index is 699. The predicted octanol–water partition coefficient (Wildman–Crippen LogP) is 3.21. The summed E-state index contributed by atoms with van der Waals surface area (Å²) in [5.74, 6) is 0.477. The second-order valence-corrected chi connectivity index (χ2v) is 4.22. The molecule has 20 heavy (non-hydrogen) atoms. The zero-order valence-corrected chi connectivity index (χ0v) is 11.0. The number of aromatic nitrogens is 3. The summed E-state index contributed by atoms with van der Waals surface area (Å²) in [7, 11) is 1.59. The number of pyridine rings is 1. The molecule has 98 valence electrons. The maximum Gasteiger partial charge on any atom is 0.243 e. The van der Waals surface area contributed by atoms with E-state index < -0.39 is 0 Å². The normalized spacial score (nSPS) is 10.2. The van der Waals surface area contributed by atoms with Crippen LogP contribution in [0.5, 0.6) is 5.88 Å². The Morgan fingerprint density at radius 3 is 2.45 bits per heavy atom. The van der Waals surface area contributed by atoms with Gasteiger partial charge in [0.25, 0.3) is 0 Å². The van der Waals surface area contributed by atoms with Crippen LogP contribution in [0.4, 0.5) is 0 Å². The first-order valence-corrected chi connectivity index (χ1v) is 6.26. The molecule has 0 aliphatic rings. The van der Waals surface area contributed by atoms with Crippen molar-refractivity contribution in [1.82, 2.24) is 15.2 Å². The molecule has 4 heteroatoms. The van der Waals surface area contributed by atoms with Crippen LogP contribution < -0.4 is 4.74 Å². The topological polar surface area (TPSA) is 47.9 Å². The van der Waals surface area contributed by atoms with Crippen LogP contribution in [0, 0.1) is 0 Å². The zero-order chi connectivity index (χ0) is 13.8. The summed E-state index contributed by atoms with van der Waals surface area (Å²) < 4.78 is 5.35. The van der Waals surface area contributed by atoms with Crippen LogP contribution in [-0.2, 0) is 0 Å². The summed E-state index contributed by atoms with van der Waals surface area (Å²) in [4.78, 5) is 4.40. The lowest BCUT2D eigenvalue weighted by Crippen LogP contribution is -1.98. The molecule has 1 aromatic carbocycles. The van der Waals surface area contributed by atoms with Gasteiger partial charge in [-0.3, -0.25) is 4.98 Å². The lowest BCUT2D eigenvalue weighted by atomic mass is 10.0. The molecular weight excluding hydrogens is 250 g/mol. The summed E-state index contributed by atoms with van der Waals surface area (Å²) in [5, 5.41) is 8.06. The Labute approximate surface area is 117 Å². The van der Waals surface area contributed by atoms with E-state index in [9.17, 15) is 0 Å². The third-order valence-electron chi connectivity index (χ3n) is 3.02. The van der Waals surface area contributed by atoms with E-state index in [4.69, 9.17) is 4.74 Å². The molecule has 0 fully saturated rings.